The van der Waals surface area contributed by atoms with Gasteiger partial charge in [0.2, 0.25) is 0 Å². The fraction of sp³-hybridized carbons (Fsp3) is 0.400. The second kappa shape index (κ2) is 6.78. The fourth-order valence-corrected chi connectivity index (χ4v) is 2.45. The van der Waals surface area contributed by atoms with E-state index in [0.717, 1.165) is 17.9 Å². The Morgan fingerprint density at radius 2 is 1.95 bits per heavy atom. The van der Waals surface area contributed by atoms with Crippen molar-refractivity contribution in [1.29, 1.82) is 0 Å². The van der Waals surface area contributed by atoms with Gasteiger partial charge in [0, 0.05) is 30.3 Å². The number of benzene rings is 1. The predicted molar refractivity (Wildman–Crippen MR) is 77.5 cm³/mol. The number of hydrazine groups is 1. The van der Waals surface area contributed by atoms with E-state index in [1.165, 1.54) is 18.2 Å². The molecule has 0 radical (unpaired) electrons. The standard InChI is InChI=1S/C15H20F2N4/c1-3-21-12(7-10(2)20-21)8-11(19-18)9-13-14(16)5-4-6-15(13)17/h4-7,11,19H,3,8-9,18H2,1-2H3. The van der Waals surface area contributed by atoms with Crippen molar-refractivity contribution in [2.45, 2.75) is 39.3 Å². The Morgan fingerprint density at radius 1 is 1.29 bits per heavy atom. The minimum absolute atomic E-state index is 0.0553. The summed E-state index contributed by atoms with van der Waals surface area (Å²) < 4.78 is 29.3. The largest absolute Gasteiger partial charge is 0.271 e. The van der Waals surface area contributed by atoms with Crippen LogP contribution in [0.2, 0.25) is 0 Å². The molecule has 1 heterocycles. The summed E-state index contributed by atoms with van der Waals surface area (Å²) in [6.45, 7) is 4.66. The van der Waals surface area contributed by atoms with Gasteiger partial charge in [-0.3, -0.25) is 16.0 Å². The minimum atomic E-state index is -0.546. The molecule has 21 heavy (non-hydrogen) atoms. The third-order valence-electron chi connectivity index (χ3n) is 3.49. The maximum atomic E-state index is 13.7. The molecule has 0 saturated heterocycles. The lowest BCUT2D eigenvalue weighted by molar-refractivity contribution is 0.470. The van der Waals surface area contributed by atoms with Crippen LogP contribution in [0, 0.1) is 18.6 Å². The molecule has 2 rings (SSSR count). The van der Waals surface area contributed by atoms with Gasteiger partial charge in [-0.2, -0.15) is 5.10 Å². The number of hydrogen-bond donors (Lipinski definition) is 2. The normalized spacial score (nSPS) is 12.6. The van der Waals surface area contributed by atoms with Gasteiger partial charge >= 0.3 is 0 Å². The van der Waals surface area contributed by atoms with Gasteiger partial charge in [0.15, 0.2) is 0 Å². The van der Waals surface area contributed by atoms with Gasteiger partial charge < -0.3 is 0 Å². The first-order valence-corrected chi connectivity index (χ1v) is 6.97. The number of nitrogens with zero attached hydrogens (tertiary/aromatic N) is 2. The molecule has 0 saturated carbocycles. The summed E-state index contributed by atoms with van der Waals surface area (Å²) in [5.74, 6) is 4.45. The molecule has 0 amide bonds. The average molecular weight is 294 g/mol. The molecular formula is C15H20F2N4. The lowest BCUT2D eigenvalue weighted by Gasteiger charge is -2.17. The van der Waals surface area contributed by atoms with Crippen LogP contribution >= 0.6 is 0 Å². The van der Waals surface area contributed by atoms with E-state index in [0.29, 0.717) is 6.42 Å². The van der Waals surface area contributed by atoms with Gasteiger partial charge in [-0.25, -0.2) is 8.78 Å². The monoisotopic (exact) mass is 294 g/mol. The highest BCUT2D eigenvalue weighted by atomic mass is 19.1. The Balaban J connectivity index is 2.17. The summed E-state index contributed by atoms with van der Waals surface area (Å²) in [6.07, 6.45) is 0.738. The molecule has 3 N–H and O–H groups in total. The fourth-order valence-electron chi connectivity index (χ4n) is 2.45. The summed E-state index contributed by atoms with van der Waals surface area (Å²) in [4.78, 5) is 0. The second-order valence-corrected chi connectivity index (χ2v) is 5.06. The average Bonchev–Trinajstić information content (AvgIpc) is 2.81. The quantitative estimate of drug-likeness (QED) is 0.634. The Bertz CT molecular complexity index is 589. The van der Waals surface area contributed by atoms with Crippen LogP contribution in [0.25, 0.3) is 0 Å². The zero-order chi connectivity index (χ0) is 15.4. The molecule has 0 aliphatic heterocycles. The third-order valence-corrected chi connectivity index (χ3v) is 3.49. The van der Waals surface area contributed by atoms with Crippen molar-refractivity contribution in [1.82, 2.24) is 15.2 Å². The van der Waals surface area contributed by atoms with Crippen molar-refractivity contribution in [2.24, 2.45) is 5.84 Å². The Morgan fingerprint density at radius 3 is 2.52 bits per heavy atom. The summed E-state index contributed by atoms with van der Waals surface area (Å²) >= 11 is 0. The van der Waals surface area contributed by atoms with Crippen molar-refractivity contribution >= 4 is 0 Å². The molecular weight excluding hydrogens is 274 g/mol. The molecule has 2 aromatic rings. The first-order chi connectivity index (χ1) is 10.0. The molecule has 0 aliphatic rings. The third kappa shape index (κ3) is 3.65. The molecule has 114 valence electrons. The highest BCUT2D eigenvalue weighted by molar-refractivity contribution is 5.21. The number of rotatable bonds is 6. The smallest absolute Gasteiger partial charge is 0.129 e. The summed E-state index contributed by atoms with van der Waals surface area (Å²) in [7, 11) is 0. The van der Waals surface area contributed by atoms with Gasteiger partial charge in [-0.05, 0) is 38.5 Å². The second-order valence-electron chi connectivity index (χ2n) is 5.06. The van der Waals surface area contributed by atoms with E-state index in [9.17, 15) is 8.78 Å². The topological polar surface area (TPSA) is 55.9 Å². The van der Waals surface area contributed by atoms with Crippen LogP contribution in [0.3, 0.4) is 0 Å². The van der Waals surface area contributed by atoms with E-state index in [2.05, 4.69) is 10.5 Å². The van der Waals surface area contributed by atoms with Crippen LogP contribution in [0.15, 0.2) is 24.3 Å². The molecule has 4 nitrogen and oxygen atoms in total. The van der Waals surface area contributed by atoms with Gasteiger partial charge in [-0.1, -0.05) is 6.07 Å². The SMILES string of the molecule is CCn1nc(C)cc1CC(Cc1c(F)cccc1F)NN. The van der Waals surface area contributed by atoms with Crippen molar-refractivity contribution in [2.75, 3.05) is 0 Å². The Hall–Kier alpha value is -1.79. The molecule has 0 spiro atoms. The summed E-state index contributed by atoms with van der Waals surface area (Å²) in [6, 6.07) is 5.57. The van der Waals surface area contributed by atoms with E-state index < -0.39 is 11.6 Å². The van der Waals surface area contributed by atoms with E-state index in [4.69, 9.17) is 5.84 Å². The molecule has 0 bridgehead atoms. The van der Waals surface area contributed by atoms with Gasteiger partial charge in [0.05, 0.1) is 5.69 Å². The highest BCUT2D eigenvalue weighted by Gasteiger charge is 2.17. The minimum Gasteiger partial charge on any atom is -0.271 e. The van der Waals surface area contributed by atoms with Crippen LogP contribution < -0.4 is 11.3 Å². The van der Waals surface area contributed by atoms with Crippen LogP contribution in [-0.2, 0) is 19.4 Å². The number of aryl methyl sites for hydroxylation is 2. The molecule has 1 atom stereocenters. The molecule has 0 fully saturated rings. The molecule has 6 heteroatoms. The first kappa shape index (κ1) is 15.6. The molecule has 1 aromatic heterocycles. The van der Waals surface area contributed by atoms with Crippen LogP contribution in [0.4, 0.5) is 8.78 Å². The number of nitrogens with two attached hydrogens (primary N) is 1. The van der Waals surface area contributed by atoms with Crippen molar-refractivity contribution < 1.29 is 8.78 Å². The number of aromatic nitrogens is 2. The van der Waals surface area contributed by atoms with Crippen molar-refractivity contribution in [3.8, 4) is 0 Å². The molecule has 0 aliphatic carbocycles. The lowest BCUT2D eigenvalue weighted by atomic mass is 10.0. The van der Waals surface area contributed by atoms with Crippen molar-refractivity contribution in [3.05, 3.63) is 52.9 Å². The van der Waals surface area contributed by atoms with E-state index in [1.807, 2.05) is 24.6 Å². The molecule has 1 aromatic carbocycles. The van der Waals surface area contributed by atoms with E-state index in [1.54, 1.807) is 0 Å². The van der Waals surface area contributed by atoms with E-state index >= 15 is 0 Å². The van der Waals surface area contributed by atoms with Crippen LogP contribution in [-0.4, -0.2) is 15.8 Å². The number of halogens is 2. The number of hydrogen-bond acceptors (Lipinski definition) is 3. The Labute approximate surface area is 122 Å². The lowest BCUT2D eigenvalue weighted by Crippen LogP contribution is -2.39. The first-order valence-electron chi connectivity index (χ1n) is 6.97. The number of nitrogens with one attached hydrogen (secondary N) is 1. The zero-order valence-corrected chi connectivity index (χ0v) is 12.2. The Kier molecular flexibility index (Phi) is 5.03. The summed E-state index contributed by atoms with van der Waals surface area (Å²) in [5.41, 5.74) is 4.61. The predicted octanol–water partition coefficient (Wildman–Crippen LogP) is 2.11. The van der Waals surface area contributed by atoms with Gasteiger partial charge in [0.1, 0.15) is 11.6 Å². The highest BCUT2D eigenvalue weighted by Crippen LogP contribution is 2.16. The van der Waals surface area contributed by atoms with E-state index in [-0.39, 0.29) is 18.0 Å². The van der Waals surface area contributed by atoms with Crippen LogP contribution in [0.5, 0.6) is 0 Å². The van der Waals surface area contributed by atoms with Gasteiger partial charge in [-0.15, -0.1) is 0 Å². The van der Waals surface area contributed by atoms with Crippen LogP contribution in [0.1, 0.15) is 23.9 Å². The molecule has 1 unspecified atom stereocenters. The van der Waals surface area contributed by atoms with Gasteiger partial charge in [0.25, 0.3) is 0 Å². The maximum absolute atomic E-state index is 13.7. The summed E-state index contributed by atoms with van der Waals surface area (Å²) in [5, 5.41) is 4.36. The van der Waals surface area contributed by atoms with Crippen molar-refractivity contribution in [3.63, 3.8) is 0 Å². The maximum Gasteiger partial charge on any atom is 0.129 e. The zero-order valence-electron chi connectivity index (χ0n) is 12.2.